The third-order valence-electron chi connectivity index (χ3n) is 5.21. The number of piperazine rings is 1. The molecule has 0 aromatic heterocycles. The van der Waals surface area contributed by atoms with Crippen LogP contribution in [0.15, 0.2) is 29.8 Å². The van der Waals surface area contributed by atoms with E-state index in [-0.39, 0.29) is 0 Å². The molecule has 0 unspecified atom stereocenters. The molecule has 0 atom stereocenters. The topological polar surface area (TPSA) is 7.68 Å². The Bertz CT molecular complexity index is 521. The molecule has 1 aliphatic rings. The van der Waals surface area contributed by atoms with Crippen LogP contribution in [0.4, 0.5) is 5.69 Å². The van der Waals surface area contributed by atoms with Crippen LogP contribution in [0.25, 0.3) is 0 Å². The molecule has 0 radical (unpaired) electrons. The van der Waals surface area contributed by atoms with Gasteiger partial charge in [-0.15, -0.1) is 0 Å². The minimum Gasteiger partial charge on any atom is -0.360 e. The maximum Gasteiger partial charge on any atom is 0.0949 e. The molecule has 2 heteroatoms. The lowest BCUT2D eigenvalue weighted by Crippen LogP contribution is -3.14. The zero-order chi connectivity index (χ0) is 17.4. The molecule has 1 aromatic rings. The molecule has 1 saturated heterocycles. The second-order valence-corrected chi connectivity index (χ2v) is 7.76. The molecule has 1 fully saturated rings. The van der Waals surface area contributed by atoms with Crippen molar-refractivity contribution in [3.05, 3.63) is 41.0 Å². The zero-order valence-corrected chi connectivity index (χ0v) is 16.3. The van der Waals surface area contributed by atoms with E-state index >= 15 is 0 Å². The highest BCUT2D eigenvalue weighted by Gasteiger charge is 2.20. The largest absolute Gasteiger partial charge is 0.360 e. The van der Waals surface area contributed by atoms with Crippen LogP contribution >= 0.6 is 0 Å². The average Bonchev–Trinajstić information content (AvgIpc) is 2.56. The number of hydrogen-bond donors (Lipinski definition) is 1. The van der Waals surface area contributed by atoms with Gasteiger partial charge in [-0.2, -0.15) is 0 Å². The van der Waals surface area contributed by atoms with Gasteiger partial charge in [0, 0.05) is 5.69 Å². The third kappa shape index (κ3) is 6.32. The van der Waals surface area contributed by atoms with Crippen LogP contribution in [0.3, 0.4) is 0 Å². The molecule has 2 rings (SSSR count). The van der Waals surface area contributed by atoms with Gasteiger partial charge in [-0.3, -0.25) is 0 Å². The molecular formula is C22H37N2+. The lowest BCUT2D eigenvalue weighted by molar-refractivity contribution is -0.900. The number of unbranched alkanes of at least 4 members (excludes halogenated alkanes) is 4. The van der Waals surface area contributed by atoms with E-state index in [2.05, 4.69) is 56.9 Å². The van der Waals surface area contributed by atoms with Crippen molar-refractivity contribution in [2.24, 2.45) is 0 Å². The van der Waals surface area contributed by atoms with E-state index in [1.165, 1.54) is 87.2 Å². The summed E-state index contributed by atoms with van der Waals surface area (Å²) in [5, 5.41) is 0. The van der Waals surface area contributed by atoms with Crippen LogP contribution in [0.2, 0.25) is 0 Å². The molecule has 0 bridgehead atoms. The highest BCUT2D eigenvalue weighted by atomic mass is 15.3. The predicted molar refractivity (Wildman–Crippen MR) is 106 cm³/mol. The minimum atomic E-state index is 1.21. The molecule has 1 N–H and O–H groups in total. The summed E-state index contributed by atoms with van der Waals surface area (Å²) in [7, 11) is 0. The van der Waals surface area contributed by atoms with Gasteiger partial charge in [0.05, 0.1) is 32.7 Å². The summed E-state index contributed by atoms with van der Waals surface area (Å²) in [6, 6.07) is 6.84. The molecule has 0 spiro atoms. The van der Waals surface area contributed by atoms with E-state index in [1.807, 2.05) is 0 Å². The molecule has 1 heterocycles. The van der Waals surface area contributed by atoms with Crippen molar-refractivity contribution >= 4 is 5.69 Å². The first-order valence-electron chi connectivity index (χ1n) is 9.85. The fourth-order valence-electron chi connectivity index (χ4n) is 3.64. The first-order valence-corrected chi connectivity index (χ1v) is 9.85. The number of rotatable bonds is 8. The van der Waals surface area contributed by atoms with Gasteiger partial charge in [-0.05, 0) is 70.6 Å². The number of benzene rings is 1. The molecular weight excluding hydrogens is 292 g/mol. The summed E-state index contributed by atoms with van der Waals surface area (Å²) in [5.74, 6) is 0. The van der Waals surface area contributed by atoms with Crippen molar-refractivity contribution in [2.75, 3.05) is 37.6 Å². The van der Waals surface area contributed by atoms with Gasteiger partial charge in [0.1, 0.15) is 0 Å². The Morgan fingerprint density at radius 2 is 1.75 bits per heavy atom. The predicted octanol–water partition coefficient (Wildman–Crippen LogP) is 3.93. The average molecular weight is 330 g/mol. The summed E-state index contributed by atoms with van der Waals surface area (Å²) in [6.07, 6.45) is 9.20. The van der Waals surface area contributed by atoms with Gasteiger partial charge in [0.15, 0.2) is 0 Å². The van der Waals surface area contributed by atoms with Crippen molar-refractivity contribution in [1.29, 1.82) is 0 Å². The zero-order valence-electron chi connectivity index (χ0n) is 16.3. The van der Waals surface area contributed by atoms with E-state index < -0.39 is 0 Å². The van der Waals surface area contributed by atoms with Crippen molar-refractivity contribution in [3.63, 3.8) is 0 Å². The summed E-state index contributed by atoms with van der Waals surface area (Å²) in [4.78, 5) is 4.39. The second-order valence-electron chi connectivity index (χ2n) is 7.76. The molecule has 1 aliphatic heterocycles. The molecule has 0 amide bonds. The van der Waals surface area contributed by atoms with Crippen LogP contribution in [0.5, 0.6) is 0 Å². The Morgan fingerprint density at radius 3 is 2.46 bits per heavy atom. The highest BCUT2D eigenvalue weighted by molar-refractivity contribution is 5.55. The van der Waals surface area contributed by atoms with E-state index in [0.29, 0.717) is 0 Å². The van der Waals surface area contributed by atoms with Gasteiger partial charge in [0.25, 0.3) is 0 Å². The summed E-state index contributed by atoms with van der Waals surface area (Å²) < 4.78 is 0. The van der Waals surface area contributed by atoms with Crippen LogP contribution in [-0.4, -0.2) is 32.7 Å². The Balaban J connectivity index is 1.63. The summed E-state index contributed by atoms with van der Waals surface area (Å²) in [6.45, 7) is 15.2. The quantitative estimate of drug-likeness (QED) is 0.561. The number of anilines is 1. The van der Waals surface area contributed by atoms with Crippen LogP contribution < -0.4 is 9.80 Å². The molecule has 134 valence electrons. The van der Waals surface area contributed by atoms with Crippen LogP contribution in [-0.2, 0) is 0 Å². The summed E-state index contributed by atoms with van der Waals surface area (Å²) in [5.41, 5.74) is 5.70. The number of hydrogen-bond acceptors (Lipinski definition) is 1. The molecule has 2 nitrogen and oxygen atoms in total. The SMILES string of the molecule is CC(C)=CCCCCCC[NH+]1CCN(c2cc(C)ccc2C)CC1. The van der Waals surface area contributed by atoms with Crippen LogP contribution in [0, 0.1) is 13.8 Å². The Morgan fingerprint density at radius 1 is 1.04 bits per heavy atom. The molecule has 0 aliphatic carbocycles. The van der Waals surface area contributed by atoms with E-state index in [0.717, 1.165) is 0 Å². The first kappa shape index (κ1) is 19.1. The van der Waals surface area contributed by atoms with Gasteiger partial charge in [-0.1, -0.05) is 30.2 Å². The van der Waals surface area contributed by atoms with Gasteiger partial charge in [0.2, 0.25) is 0 Å². The summed E-state index contributed by atoms with van der Waals surface area (Å²) >= 11 is 0. The monoisotopic (exact) mass is 329 g/mol. The Hall–Kier alpha value is -1.28. The molecule has 1 aromatic carbocycles. The Labute approximate surface area is 149 Å². The number of allylic oxidation sites excluding steroid dienone is 2. The third-order valence-corrected chi connectivity index (χ3v) is 5.21. The van der Waals surface area contributed by atoms with Crippen molar-refractivity contribution in [2.45, 2.75) is 59.8 Å². The normalized spacial score (nSPS) is 15.6. The number of aryl methyl sites for hydroxylation is 2. The number of nitrogens with one attached hydrogen (secondary N) is 1. The maximum absolute atomic E-state index is 2.59. The lowest BCUT2D eigenvalue weighted by Gasteiger charge is -2.34. The second kappa shape index (κ2) is 9.88. The van der Waals surface area contributed by atoms with Crippen LogP contribution in [0.1, 0.15) is 57.1 Å². The number of nitrogens with zero attached hydrogens (tertiary/aromatic N) is 1. The van der Waals surface area contributed by atoms with Gasteiger partial charge in [-0.25, -0.2) is 0 Å². The lowest BCUT2D eigenvalue weighted by atomic mass is 10.1. The van der Waals surface area contributed by atoms with E-state index in [9.17, 15) is 0 Å². The van der Waals surface area contributed by atoms with Crippen molar-refractivity contribution < 1.29 is 4.90 Å². The van der Waals surface area contributed by atoms with Gasteiger partial charge >= 0.3 is 0 Å². The number of quaternary nitrogens is 1. The maximum atomic E-state index is 2.59. The molecule has 0 saturated carbocycles. The smallest absolute Gasteiger partial charge is 0.0949 e. The minimum absolute atomic E-state index is 1.21. The van der Waals surface area contributed by atoms with Crippen molar-refractivity contribution in [3.8, 4) is 0 Å². The van der Waals surface area contributed by atoms with Crippen molar-refractivity contribution in [1.82, 2.24) is 0 Å². The van der Waals surface area contributed by atoms with Gasteiger partial charge < -0.3 is 9.80 Å². The molecule has 24 heavy (non-hydrogen) atoms. The highest BCUT2D eigenvalue weighted by Crippen LogP contribution is 2.21. The fraction of sp³-hybridized carbons (Fsp3) is 0.636. The Kier molecular flexibility index (Phi) is 7.84. The standard InChI is InChI=1S/C22H36N2/c1-19(2)10-8-6-5-7-9-13-23-14-16-24(17-15-23)22-18-20(3)11-12-21(22)4/h10-12,18H,5-9,13-17H2,1-4H3/p+1. The van der Waals surface area contributed by atoms with E-state index in [1.54, 1.807) is 4.90 Å². The fourth-order valence-corrected chi connectivity index (χ4v) is 3.64. The first-order chi connectivity index (χ1) is 11.6. The van der Waals surface area contributed by atoms with E-state index in [4.69, 9.17) is 0 Å².